The average molecular weight is 286 g/mol. The van der Waals surface area contributed by atoms with E-state index in [1.165, 1.54) is 56.2 Å². The van der Waals surface area contributed by atoms with E-state index >= 15 is 0 Å². The number of hydrogen-bond acceptors (Lipinski definition) is 3. The van der Waals surface area contributed by atoms with E-state index in [2.05, 4.69) is 17.0 Å². The fourth-order valence-corrected chi connectivity index (χ4v) is 4.49. The van der Waals surface area contributed by atoms with Gasteiger partial charge < -0.3 is 15.4 Å². The Labute approximate surface area is 127 Å². The van der Waals surface area contributed by atoms with Gasteiger partial charge in [-0.2, -0.15) is 0 Å². The first-order valence-corrected chi connectivity index (χ1v) is 8.55. The van der Waals surface area contributed by atoms with Crippen LogP contribution in [0.2, 0.25) is 0 Å². The molecule has 3 heteroatoms. The van der Waals surface area contributed by atoms with E-state index < -0.39 is 0 Å². The molecular formula is C18H26N2O. The number of anilines is 2. The first-order valence-electron chi connectivity index (χ1n) is 8.55. The lowest BCUT2D eigenvalue weighted by Gasteiger charge is -2.34. The van der Waals surface area contributed by atoms with Crippen molar-refractivity contribution in [1.29, 1.82) is 0 Å². The van der Waals surface area contributed by atoms with Gasteiger partial charge in [0.25, 0.3) is 0 Å². The molecule has 2 fully saturated rings. The van der Waals surface area contributed by atoms with Crippen molar-refractivity contribution in [3.8, 4) is 0 Å². The lowest BCUT2D eigenvalue weighted by molar-refractivity contribution is -0.0603. The van der Waals surface area contributed by atoms with E-state index in [1.807, 2.05) is 6.07 Å². The number of ether oxygens (including phenoxy) is 1. The molecule has 0 amide bonds. The zero-order valence-corrected chi connectivity index (χ0v) is 12.8. The zero-order valence-electron chi connectivity index (χ0n) is 12.8. The molecule has 1 aromatic rings. The van der Waals surface area contributed by atoms with Gasteiger partial charge in [0.2, 0.25) is 0 Å². The van der Waals surface area contributed by atoms with Gasteiger partial charge in [-0.05, 0) is 49.8 Å². The molecule has 4 rings (SSSR count). The highest BCUT2D eigenvalue weighted by molar-refractivity contribution is 5.64. The predicted octanol–water partition coefficient (Wildman–Crippen LogP) is 3.51. The van der Waals surface area contributed by atoms with Gasteiger partial charge in [-0.15, -0.1) is 0 Å². The molecule has 2 N–H and O–H groups in total. The van der Waals surface area contributed by atoms with E-state index in [0.29, 0.717) is 6.10 Å². The number of hydrogen-bond donors (Lipinski definition) is 1. The van der Waals surface area contributed by atoms with Gasteiger partial charge in [0.05, 0.1) is 11.7 Å². The Morgan fingerprint density at radius 2 is 2.05 bits per heavy atom. The number of fused-ring (bicyclic) bond motifs is 1. The van der Waals surface area contributed by atoms with Crippen molar-refractivity contribution < 1.29 is 4.74 Å². The fourth-order valence-electron chi connectivity index (χ4n) is 4.49. The molecule has 1 saturated carbocycles. The van der Waals surface area contributed by atoms with Gasteiger partial charge >= 0.3 is 0 Å². The molecule has 21 heavy (non-hydrogen) atoms. The Morgan fingerprint density at radius 1 is 1.19 bits per heavy atom. The molecule has 1 aromatic carbocycles. The minimum atomic E-state index is 0.237. The molecule has 0 bridgehead atoms. The lowest BCUT2D eigenvalue weighted by atomic mass is 9.83. The van der Waals surface area contributed by atoms with Crippen LogP contribution in [0.5, 0.6) is 0 Å². The second kappa shape index (κ2) is 5.20. The predicted molar refractivity (Wildman–Crippen MR) is 86.7 cm³/mol. The Morgan fingerprint density at radius 3 is 2.90 bits per heavy atom. The van der Waals surface area contributed by atoms with Gasteiger partial charge in [0, 0.05) is 24.5 Å². The molecule has 1 unspecified atom stereocenters. The molecule has 2 aliphatic heterocycles. The highest BCUT2D eigenvalue weighted by Crippen LogP contribution is 2.42. The molecule has 1 aliphatic carbocycles. The first kappa shape index (κ1) is 13.4. The smallest absolute Gasteiger partial charge is 0.0758 e. The molecular weight excluding hydrogens is 260 g/mol. The Hall–Kier alpha value is -1.22. The topological polar surface area (TPSA) is 38.5 Å². The Balaban J connectivity index is 1.43. The highest BCUT2D eigenvalue weighted by Gasteiger charge is 2.41. The van der Waals surface area contributed by atoms with Crippen molar-refractivity contribution in [2.45, 2.75) is 63.1 Å². The highest BCUT2D eigenvalue weighted by atomic mass is 16.5. The van der Waals surface area contributed by atoms with E-state index in [1.54, 1.807) is 0 Å². The third kappa shape index (κ3) is 2.52. The van der Waals surface area contributed by atoms with Crippen molar-refractivity contribution in [1.82, 2.24) is 0 Å². The number of nitrogen functional groups attached to an aromatic ring is 1. The van der Waals surface area contributed by atoms with Gasteiger partial charge in [-0.3, -0.25) is 0 Å². The summed E-state index contributed by atoms with van der Waals surface area (Å²) in [5, 5.41) is 0. The van der Waals surface area contributed by atoms with E-state index in [-0.39, 0.29) is 5.60 Å². The summed E-state index contributed by atoms with van der Waals surface area (Å²) in [5.41, 5.74) is 9.84. The molecule has 114 valence electrons. The monoisotopic (exact) mass is 286 g/mol. The van der Waals surface area contributed by atoms with Crippen LogP contribution in [0.1, 0.15) is 50.5 Å². The molecule has 3 nitrogen and oxygen atoms in total. The Kier molecular flexibility index (Phi) is 3.33. The van der Waals surface area contributed by atoms with E-state index in [4.69, 9.17) is 10.5 Å². The van der Waals surface area contributed by atoms with Crippen LogP contribution in [0, 0.1) is 0 Å². The molecule has 1 saturated heterocycles. The third-order valence-electron chi connectivity index (χ3n) is 5.63. The van der Waals surface area contributed by atoms with Crippen LogP contribution in [-0.2, 0) is 11.2 Å². The van der Waals surface area contributed by atoms with Crippen molar-refractivity contribution in [3.05, 3.63) is 23.8 Å². The second-order valence-corrected chi connectivity index (χ2v) is 7.11. The minimum absolute atomic E-state index is 0.237. The summed E-state index contributed by atoms with van der Waals surface area (Å²) >= 11 is 0. The zero-order chi connectivity index (χ0) is 14.3. The SMILES string of the molecule is Nc1ccc2c(c1)N(CC1CCC3(CCCCC3)O1)CC2. The summed E-state index contributed by atoms with van der Waals surface area (Å²) in [7, 11) is 0. The normalized spacial score (nSPS) is 27.2. The van der Waals surface area contributed by atoms with Gasteiger partial charge in [0.1, 0.15) is 0 Å². The van der Waals surface area contributed by atoms with Crippen molar-refractivity contribution in [3.63, 3.8) is 0 Å². The summed E-state index contributed by atoms with van der Waals surface area (Å²) in [4.78, 5) is 2.48. The fraction of sp³-hybridized carbons (Fsp3) is 0.667. The first-order chi connectivity index (χ1) is 10.2. The molecule has 2 heterocycles. The largest absolute Gasteiger partial charge is 0.399 e. The quantitative estimate of drug-likeness (QED) is 0.846. The van der Waals surface area contributed by atoms with Crippen LogP contribution in [0.4, 0.5) is 11.4 Å². The van der Waals surface area contributed by atoms with Crippen LogP contribution >= 0.6 is 0 Å². The minimum Gasteiger partial charge on any atom is -0.399 e. The van der Waals surface area contributed by atoms with Crippen molar-refractivity contribution in [2.24, 2.45) is 0 Å². The van der Waals surface area contributed by atoms with Crippen molar-refractivity contribution in [2.75, 3.05) is 23.7 Å². The van der Waals surface area contributed by atoms with Crippen LogP contribution in [0.15, 0.2) is 18.2 Å². The Bertz CT molecular complexity index is 522. The maximum Gasteiger partial charge on any atom is 0.0758 e. The molecule has 1 spiro atoms. The van der Waals surface area contributed by atoms with Gasteiger partial charge in [0.15, 0.2) is 0 Å². The summed E-state index contributed by atoms with van der Waals surface area (Å²) in [6.07, 6.45) is 10.7. The van der Waals surface area contributed by atoms with Crippen LogP contribution in [-0.4, -0.2) is 24.8 Å². The molecule has 3 aliphatic rings. The van der Waals surface area contributed by atoms with E-state index in [0.717, 1.165) is 25.2 Å². The maximum atomic E-state index is 6.52. The molecule has 0 aromatic heterocycles. The number of rotatable bonds is 2. The van der Waals surface area contributed by atoms with Crippen LogP contribution < -0.4 is 10.6 Å². The summed E-state index contributed by atoms with van der Waals surface area (Å²) < 4.78 is 6.52. The van der Waals surface area contributed by atoms with Crippen LogP contribution in [0.25, 0.3) is 0 Å². The summed E-state index contributed by atoms with van der Waals surface area (Å²) in [6.45, 7) is 2.16. The van der Waals surface area contributed by atoms with Crippen LogP contribution in [0.3, 0.4) is 0 Å². The molecule has 0 radical (unpaired) electrons. The standard InChI is InChI=1S/C18H26N2O/c19-15-5-4-14-7-11-20(17(14)12-15)13-16-6-10-18(21-16)8-2-1-3-9-18/h4-5,12,16H,1-3,6-11,13,19H2. The van der Waals surface area contributed by atoms with Gasteiger partial charge in [-0.25, -0.2) is 0 Å². The molecule has 1 atom stereocenters. The number of nitrogens with two attached hydrogens (primary N) is 1. The van der Waals surface area contributed by atoms with Gasteiger partial charge in [-0.1, -0.05) is 25.3 Å². The van der Waals surface area contributed by atoms with Crippen molar-refractivity contribution >= 4 is 11.4 Å². The second-order valence-electron chi connectivity index (χ2n) is 7.11. The lowest BCUT2D eigenvalue weighted by Crippen LogP contribution is -2.36. The number of nitrogens with zero attached hydrogens (tertiary/aromatic N) is 1. The average Bonchev–Trinajstić information content (AvgIpc) is 3.06. The maximum absolute atomic E-state index is 6.52. The summed E-state index contributed by atoms with van der Waals surface area (Å²) in [6, 6.07) is 6.34. The summed E-state index contributed by atoms with van der Waals surface area (Å²) in [5.74, 6) is 0. The third-order valence-corrected chi connectivity index (χ3v) is 5.63. The van der Waals surface area contributed by atoms with E-state index in [9.17, 15) is 0 Å². The number of benzene rings is 1.